The molecule has 0 aliphatic heterocycles. The molecule has 0 N–H and O–H groups in total. The van der Waals surface area contributed by atoms with Gasteiger partial charge in [0.15, 0.2) is 0 Å². The van der Waals surface area contributed by atoms with Crippen molar-refractivity contribution >= 4 is 22.7 Å². The number of fused-ring (bicyclic) bond motifs is 1. The monoisotopic (exact) mass is 372 g/mol. The van der Waals surface area contributed by atoms with Crippen LogP contribution in [0.5, 0.6) is 5.75 Å². The number of furan rings is 1. The fraction of sp³-hybridized carbons (Fsp3) is 0.130. The van der Waals surface area contributed by atoms with Crippen molar-refractivity contribution in [2.45, 2.75) is 13.0 Å². The molecule has 0 radical (unpaired) electrons. The van der Waals surface area contributed by atoms with E-state index in [1.807, 2.05) is 66.7 Å². The maximum atomic E-state index is 13.2. The molecule has 140 valence electrons. The molecule has 2 aromatic heterocycles. The molecule has 5 heteroatoms. The largest absolute Gasteiger partial charge is 0.497 e. The Balaban J connectivity index is 1.64. The van der Waals surface area contributed by atoms with Gasteiger partial charge in [-0.05, 0) is 35.9 Å². The molecule has 28 heavy (non-hydrogen) atoms. The van der Waals surface area contributed by atoms with E-state index in [9.17, 15) is 4.79 Å². The summed E-state index contributed by atoms with van der Waals surface area (Å²) in [6, 6.07) is 21.0. The molecule has 2 aromatic carbocycles. The summed E-state index contributed by atoms with van der Waals surface area (Å²) in [7, 11) is 1.62. The number of ether oxygens (including phenoxy) is 1. The molecule has 0 aliphatic carbocycles. The van der Waals surface area contributed by atoms with Gasteiger partial charge in [-0.25, -0.2) is 4.98 Å². The van der Waals surface area contributed by atoms with E-state index in [1.165, 1.54) is 0 Å². The summed E-state index contributed by atoms with van der Waals surface area (Å²) in [5, 5.41) is 0.883. The summed E-state index contributed by atoms with van der Waals surface area (Å²) in [5.74, 6) is 1.31. The molecule has 0 atom stereocenters. The number of benzene rings is 2. The first-order chi connectivity index (χ1) is 13.7. The van der Waals surface area contributed by atoms with Crippen LogP contribution in [0.1, 0.15) is 11.1 Å². The van der Waals surface area contributed by atoms with E-state index in [4.69, 9.17) is 9.15 Å². The number of hydrogen-bond donors (Lipinski definition) is 0. The van der Waals surface area contributed by atoms with Crippen molar-refractivity contribution in [3.05, 3.63) is 90.3 Å². The summed E-state index contributed by atoms with van der Waals surface area (Å²) in [4.78, 5) is 19.3. The van der Waals surface area contributed by atoms with Crippen molar-refractivity contribution < 1.29 is 13.9 Å². The molecule has 0 bridgehead atoms. The van der Waals surface area contributed by atoms with Crippen LogP contribution in [0.2, 0.25) is 0 Å². The molecule has 0 saturated heterocycles. The lowest BCUT2D eigenvalue weighted by Crippen LogP contribution is -2.32. The first kappa shape index (κ1) is 17.8. The Morgan fingerprint density at radius 3 is 2.64 bits per heavy atom. The van der Waals surface area contributed by atoms with Gasteiger partial charge in [0.2, 0.25) is 5.91 Å². The van der Waals surface area contributed by atoms with Crippen molar-refractivity contribution in [3.8, 4) is 5.75 Å². The van der Waals surface area contributed by atoms with Crippen LogP contribution in [-0.2, 0) is 17.8 Å². The zero-order valence-corrected chi connectivity index (χ0v) is 15.5. The molecule has 0 spiro atoms. The van der Waals surface area contributed by atoms with E-state index in [-0.39, 0.29) is 12.3 Å². The second-order valence-corrected chi connectivity index (χ2v) is 6.45. The molecule has 5 nitrogen and oxygen atoms in total. The highest BCUT2D eigenvalue weighted by Crippen LogP contribution is 2.27. The van der Waals surface area contributed by atoms with Crippen molar-refractivity contribution in [2.75, 3.05) is 12.0 Å². The Bertz CT molecular complexity index is 1070. The quantitative estimate of drug-likeness (QED) is 0.496. The van der Waals surface area contributed by atoms with E-state index >= 15 is 0 Å². The highest BCUT2D eigenvalue weighted by molar-refractivity contribution is 5.96. The fourth-order valence-corrected chi connectivity index (χ4v) is 3.16. The van der Waals surface area contributed by atoms with Gasteiger partial charge in [0.05, 0.1) is 26.3 Å². The molecular weight excluding hydrogens is 352 g/mol. The SMILES string of the molecule is COc1ccc2occ(CC(=O)N(Cc3ccccc3)c3ccccn3)c2c1. The van der Waals surface area contributed by atoms with Crippen LogP contribution in [0.15, 0.2) is 83.6 Å². The van der Waals surface area contributed by atoms with E-state index in [0.717, 1.165) is 27.8 Å². The number of hydrogen-bond acceptors (Lipinski definition) is 4. The Kier molecular flexibility index (Phi) is 5.06. The summed E-state index contributed by atoms with van der Waals surface area (Å²) in [6.07, 6.45) is 3.55. The normalized spacial score (nSPS) is 10.8. The van der Waals surface area contributed by atoms with Crippen LogP contribution in [-0.4, -0.2) is 18.0 Å². The number of amides is 1. The number of rotatable bonds is 6. The van der Waals surface area contributed by atoms with Crippen LogP contribution in [0.25, 0.3) is 11.0 Å². The third-order valence-corrected chi connectivity index (χ3v) is 4.61. The minimum Gasteiger partial charge on any atom is -0.497 e. The van der Waals surface area contributed by atoms with Gasteiger partial charge in [0.25, 0.3) is 0 Å². The summed E-state index contributed by atoms with van der Waals surface area (Å²) in [5.41, 5.74) is 2.60. The molecule has 0 saturated carbocycles. The number of nitrogens with zero attached hydrogens (tertiary/aromatic N) is 2. The summed E-state index contributed by atoms with van der Waals surface area (Å²) >= 11 is 0. The Morgan fingerprint density at radius 1 is 1.07 bits per heavy atom. The maximum Gasteiger partial charge on any atom is 0.233 e. The highest BCUT2D eigenvalue weighted by Gasteiger charge is 2.20. The Morgan fingerprint density at radius 2 is 1.89 bits per heavy atom. The zero-order chi connectivity index (χ0) is 19.3. The van der Waals surface area contributed by atoms with Crippen LogP contribution in [0.3, 0.4) is 0 Å². The minimum absolute atomic E-state index is 0.0481. The lowest BCUT2D eigenvalue weighted by atomic mass is 10.1. The van der Waals surface area contributed by atoms with Gasteiger partial charge in [-0.1, -0.05) is 36.4 Å². The third kappa shape index (κ3) is 3.74. The minimum atomic E-state index is -0.0481. The van der Waals surface area contributed by atoms with Gasteiger partial charge in [-0.3, -0.25) is 9.69 Å². The zero-order valence-electron chi connectivity index (χ0n) is 15.5. The number of carbonyl (C=O) groups excluding carboxylic acids is 1. The van der Waals surface area contributed by atoms with Gasteiger partial charge in [-0.2, -0.15) is 0 Å². The first-order valence-electron chi connectivity index (χ1n) is 9.04. The molecule has 4 aromatic rings. The van der Waals surface area contributed by atoms with Gasteiger partial charge in [0, 0.05) is 17.1 Å². The lowest BCUT2D eigenvalue weighted by Gasteiger charge is -2.22. The summed E-state index contributed by atoms with van der Waals surface area (Å²) < 4.78 is 10.9. The summed E-state index contributed by atoms with van der Waals surface area (Å²) in [6.45, 7) is 0.454. The third-order valence-electron chi connectivity index (χ3n) is 4.61. The average Bonchev–Trinajstić information content (AvgIpc) is 3.15. The van der Waals surface area contributed by atoms with Crippen molar-refractivity contribution in [1.82, 2.24) is 4.98 Å². The smallest absolute Gasteiger partial charge is 0.233 e. The van der Waals surface area contributed by atoms with E-state index in [0.29, 0.717) is 12.4 Å². The number of anilines is 1. The first-order valence-corrected chi connectivity index (χ1v) is 9.04. The predicted octanol–water partition coefficient (Wildman–Crippen LogP) is 4.61. The molecular formula is C23H20N2O3. The number of carbonyl (C=O) groups is 1. The molecule has 2 heterocycles. The van der Waals surface area contributed by atoms with Crippen molar-refractivity contribution in [3.63, 3.8) is 0 Å². The van der Waals surface area contributed by atoms with Crippen LogP contribution in [0, 0.1) is 0 Å². The molecule has 0 unspecified atom stereocenters. The van der Waals surface area contributed by atoms with Crippen molar-refractivity contribution in [2.24, 2.45) is 0 Å². The molecule has 0 aliphatic rings. The fourth-order valence-electron chi connectivity index (χ4n) is 3.16. The Labute approximate surface area is 163 Å². The van der Waals surface area contributed by atoms with Crippen molar-refractivity contribution in [1.29, 1.82) is 0 Å². The van der Waals surface area contributed by atoms with Gasteiger partial charge < -0.3 is 9.15 Å². The van der Waals surface area contributed by atoms with E-state index in [1.54, 1.807) is 24.5 Å². The Hall–Kier alpha value is -3.60. The van der Waals surface area contributed by atoms with E-state index < -0.39 is 0 Å². The molecule has 0 fully saturated rings. The highest BCUT2D eigenvalue weighted by atomic mass is 16.5. The van der Waals surface area contributed by atoms with Gasteiger partial charge in [0.1, 0.15) is 17.2 Å². The predicted molar refractivity (Wildman–Crippen MR) is 108 cm³/mol. The van der Waals surface area contributed by atoms with Crippen LogP contribution in [0.4, 0.5) is 5.82 Å². The standard InChI is InChI=1S/C23H20N2O3/c1-27-19-10-11-21-20(14-19)18(16-28-21)13-23(26)25(22-9-5-6-12-24-22)15-17-7-3-2-4-8-17/h2-12,14,16H,13,15H2,1H3. The average molecular weight is 372 g/mol. The number of aromatic nitrogens is 1. The molecule has 1 amide bonds. The van der Waals surface area contributed by atoms with E-state index in [2.05, 4.69) is 4.98 Å². The lowest BCUT2D eigenvalue weighted by molar-refractivity contribution is -0.118. The number of pyridine rings is 1. The van der Waals surface area contributed by atoms with Crippen LogP contribution < -0.4 is 9.64 Å². The van der Waals surface area contributed by atoms with Crippen LogP contribution >= 0.6 is 0 Å². The second-order valence-electron chi connectivity index (χ2n) is 6.45. The molecule has 4 rings (SSSR count). The second kappa shape index (κ2) is 7.96. The van der Waals surface area contributed by atoms with Gasteiger partial charge >= 0.3 is 0 Å². The topological polar surface area (TPSA) is 55.6 Å². The van der Waals surface area contributed by atoms with Gasteiger partial charge in [-0.15, -0.1) is 0 Å². The number of methoxy groups -OCH3 is 1. The maximum absolute atomic E-state index is 13.2.